The van der Waals surface area contributed by atoms with Crippen LogP contribution in [0.1, 0.15) is 86.2 Å². The lowest BCUT2D eigenvalue weighted by molar-refractivity contribution is -0.142. The molecule has 1 N–H and O–H groups in total. The van der Waals surface area contributed by atoms with Crippen molar-refractivity contribution in [2.45, 2.75) is 90.4 Å². The van der Waals surface area contributed by atoms with Gasteiger partial charge >= 0.3 is 5.97 Å². The average molecular weight is 584 g/mol. The molecule has 1 aliphatic rings. The molecule has 0 heterocycles. The first-order chi connectivity index (χ1) is 20.0. The molecule has 1 aliphatic carbocycles. The molecule has 0 spiro atoms. The van der Waals surface area contributed by atoms with E-state index in [0.29, 0.717) is 31.1 Å². The molecule has 7 heteroatoms. The van der Waals surface area contributed by atoms with E-state index >= 15 is 0 Å². The van der Waals surface area contributed by atoms with E-state index in [1.54, 1.807) is 11.8 Å². The van der Waals surface area contributed by atoms with E-state index in [1.165, 1.54) is 39.2 Å². The normalized spacial score (nSPS) is 15.3. The summed E-state index contributed by atoms with van der Waals surface area (Å²) in [7, 11) is 1.35. The van der Waals surface area contributed by atoms with E-state index in [9.17, 15) is 9.59 Å². The van der Waals surface area contributed by atoms with Gasteiger partial charge in [0.05, 0.1) is 26.4 Å². The zero-order valence-electron chi connectivity index (χ0n) is 25.4. The number of methoxy groups -OCH3 is 1. The number of ether oxygens (including phenoxy) is 3. The Morgan fingerprint density at radius 2 is 1.85 bits per heavy atom. The number of hydrogen-bond donors (Lipinski definition) is 1. The summed E-state index contributed by atoms with van der Waals surface area (Å²) in [4.78, 5) is 25.9. The molecule has 41 heavy (non-hydrogen) atoms. The second kappa shape index (κ2) is 18.2. The summed E-state index contributed by atoms with van der Waals surface area (Å²) in [6, 6.07) is 13.2. The number of rotatable bonds is 17. The topological polar surface area (TPSA) is 73.9 Å². The molecule has 1 amide bonds. The van der Waals surface area contributed by atoms with Gasteiger partial charge in [-0.3, -0.25) is 4.79 Å². The number of esters is 1. The Hall–Kier alpha value is -2.35. The van der Waals surface area contributed by atoms with Gasteiger partial charge in [-0.05, 0) is 78.5 Å². The highest BCUT2D eigenvalue weighted by Crippen LogP contribution is 2.31. The Bertz CT molecular complexity index is 1080. The molecule has 0 aromatic heterocycles. The minimum Gasteiger partial charge on any atom is -0.467 e. The number of thioether (sulfide) groups is 1. The number of aryl methyl sites for hydroxylation is 1. The molecule has 1 saturated carbocycles. The SMILES string of the molecule is CCCCOCC(CC1CCCCC1)OCc1ccc(C(=O)N[C@@H](CCSC)C(=O)OC)c(-c2ccccc2C)c1. The molecule has 3 rings (SSSR count). The molecule has 0 aliphatic heterocycles. The van der Waals surface area contributed by atoms with Crippen molar-refractivity contribution >= 4 is 23.6 Å². The first-order valence-electron chi connectivity index (χ1n) is 15.2. The molecule has 226 valence electrons. The van der Waals surface area contributed by atoms with Crippen LogP contribution >= 0.6 is 11.8 Å². The zero-order valence-corrected chi connectivity index (χ0v) is 26.2. The van der Waals surface area contributed by atoms with Crippen LogP contribution in [0.25, 0.3) is 11.1 Å². The first kappa shape index (κ1) is 33.2. The number of hydrogen-bond acceptors (Lipinski definition) is 6. The van der Waals surface area contributed by atoms with Gasteiger partial charge < -0.3 is 19.5 Å². The van der Waals surface area contributed by atoms with Crippen LogP contribution in [0, 0.1) is 12.8 Å². The van der Waals surface area contributed by atoms with E-state index in [4.69, 9.17) is 14.2 Å². The molecule has 0 saturated heterocycles. The third-order valence-electron chi connectivity index (χ3n) is 7.92. The van der Waals surface area contributed by atoms with Crippen LogP contribution in [0.3, 0.4) is 0 Å². The lowest BCUT2D eigenvalue weighted by Crippen LogP contribution is -2.42. The van der Waals surface area contributed by atoms with Gasteiger partial charge in [-0.2, -0.15) is 11.8 Å². The Labute approximate surface area is 251 Å². The van der Waals surface area contributed by atoms with Gasteiger partial charge in [0.2, 0.25) is 0 Å². The van der Waals surface area contributed by atoms with Crippen molar-refractivity contribution in [3.8, 4) is 11.1 Å². The minimum absolute atomic E-state index is 0.0529. The van der Waals surface area contributed by atoms with Crippen LogP contribution in [0.4, 0.5) is 0 Å². The van der Waals surface area contributed by atoms with Crippen molar-refractivity contribution in [2.24, 2.45) is 5.92 Å². The summed E-state index contributed by atoms with van der Waals surface area (Å²) in [5.74, 6) is 0.725. The number of amides is 1. The summed E-state index contributed by atoms with van der Waals surface area (Å²) in [6.07, 6.45) is 12.3. The highest BCUT2D eigenvalue weighted by molar-refractivity contribution is 7.98. The second-order valence-corrected chi connectivity index (χ2v) is 12.1. The van der Waals surface area contributed by atoms with Crippen molar-refractivity contribution in [1.82, 2.24) is 5.32 Å². The van der Waals surface area contributed by atoms with Gasteiger partial charge in [0.25, 0.3) is 5.91 Å². The molecular weight excluding hydrogens is 534 g/mol. The monoisotopic (exact) mass is 583 g/mol. The van der Waals surface area contributed by atoms with E-state index < -0.39 is 12.0 Å². The van der Waals surface area contributed by atoms with Crippen molar-refractivity contribution in [2.75, 3.05) is 32.3 Å². The zero-order chi connectivity index (χ0) is 29.5. The lowest BCUT2D eigenvalue weighted by atomic mass is 9.85. The molecular formula is C34H49NO5S. The maximum Gasteiger partial charge on any atom is 0.328 e. The van der Waals surface area contributed by atoms with Crippen molar-refractivity contribution in [3.63, 3.8) is 0 Å². The van der Waals surface area contributed by atoms with Crippen LogP contribution in [0.15, 0.2) is 42.5 Å². The van der Waals surface area contributed by atoms with Gasteiger partial charge in [-0.25, -0.2) is 4.79 Å². The molecule has 1 unspecified atom stereocenters. The van der Waals surface area contributed by atoms with Crippen LogP contribution < -0.4 is 5.32 Å². The van der Waals surface area contributed by atoms with Crippen LogP contribution in [-0.2, 0) is 25.6 Å². The average Bonchev–Trinajstić information content (AvgIpc) is 3.00. The third-order valence-corrected chi connectivity index (χ3v) is 8.56. The number of unbranched alkanes of at least 4 members (excludes halogenated alkanes) is 1. The molecule has 2 atom stereocenters. The molecule has 2 aromatic carbocycles. The van der Waals surface area contributed by atoms with Crippen LogP contribution in [0.2, 0.25) is 0 Å². The van der Waals surface area contributed by atoms with Gasteiger partial charge in [0.15, 0.2) is 0 Å². The number of nitrogens with one attached hydrogen (secondary N) is 1. The standard InChI is InChI=1S/C34H49NO5S/c1-5-6-19-39-24-28(21-26-13-8-7-9-14-26)40-23-27-16-17-30(31(22-27)29-15-11-10-12-25(29)2)33(36)35-32(18-20-41-4)34(37)38-3/h10-12,15-17,22,26,28,32H,5-9,13-14,18-21,23-24H2,1-4H3,(H,35,36)/t28?,32-/m0/s1. The predicted molar refractivity (Wildman–Crippen MR) is 168 cm³/mol. The predicted octanol–water partition coefficient (Wildman–Crippen LogP) is 7.36. The Kier molecular flexibility index (Phi) is 14.8. The largest absolute Gasteiger partial charge is 0.467 e. The Balaban J connectivity index is 1.81. The first-order valence-corrected chi connectivity index (χ1v) is 16.6. The fourth-order valence-electron chi connectivity index (χ4n) is 5.49. The summed E-state index contributed by atoms with van der Waals surface area (Å²) < 4.78 is 17.5. The smallest absolute Gasteiger partial charge is 0.328 e. The summed E-state index contributed by atoms with van der Waals surface area (Å²) in [5.41, 5.74) is 4.43. The van der Waals surface area contributed by atoms with Gasteiger partial charge in [0, 0.05) is 12.2 Å². The summed E-state index contributed by atoms with van der Waals surface area (Å²) in [6.45, 7) is 6.06. The van der Waals surface area contributed by atoms with E-state index in [1.807, 2.05) is 49.6 Å². The lowest BCUT2D eigenvalue weighted by Gasteiger charge is -2.27. The minimum atomic E-state index is -0.694. The van der Waals surface area contributed by atoms with Crippen molar-refractivity contribution < 1.29 is 23.8 Å². The van der Waals surface area contributed by atoms with E-state index in [-0.39, 0.29) is 12.0 Å². The fourth-order valence-corrected chi connectivity index (χ4v) is 5.97. The van der Waals surface area contributed by atoms with Gasteiger partial charge in [-0.1, -0.05) is 75.8 Å². The fraction of sp³-hybridized carbons (Fsp3) is 0.588. The highest BCUT2D eigenvalue weighted by Gasteiger charge is 2.24. The number of benzene rings is 2. The van der Waals surface area contributed by atoms with Gasteiger partial charge in [0.1, 0.15) is 6.04 Å². The highest BCUT2D eigenvalue weighted by atomic mass is 32.2. The van der Waals surface area contributed by atoms with E-state index in [0.717, 1.165) is 53.9 Å². The quantitative estimate of drug-likeness (QED) is 0.155. The maximum atomic E-state index is 13.5. The summed E-state index contributed by atoms with van der Waals surface area (Å²) in [5, 5.41) is 2.92. The Morgan fingerprint density at radius 3 is 2.56 bits per heavy atom. The number of carbonyl (C=O) groups is 2. The van der Waals surface area contributed by atoms with Crippen LogP contribution in [0.5, 0.6) is 0 Å². The second-order valence-electron chi connectivity index (χ2n) is 11.1. The molecule has 6 nitrogen and oxygen atoms in total. The van der Waals surface area contributed by atoms with Crippen molar-refractivity contribution in [1.29, 1.82) is 0 Å². The summed E-state index contributed by atoms with van der Waals surface area (Å²) >= 11 is 1.63. The van der Waals surface area contributed by atoms with Gasteiger partial charge in [-0.15, -0.1) is 0 Å². The Morgan fingerprint density at radius 1 is 1.07 bits per heavy atom. The van der Waals surface area contributed by atoms with Crippen molar-refractivity contribution in [3.05, 3.63) is 59.2 Å². The number of carbonyl (C=O) groups excluding carboxylic acids is 2. The third kappa shape index (κ3) is 10.8. The maximum absolute atomic E-state index is 13.5. The molecule has 2 aromatic rings. The molecule has 0 bridgehead atoms. The van der Waals surface area contributed by atoms with Crippen LogP contribution in [-0.4, -0.2) is 56.4 Å². The van der Waals surface area contributed by atoms with E-state index in [2.05, 4.69) is 18.3 Å². The molecule has 0 radical (unpaired) electrons. The molecule has 1 fully saturated rings.